The van der Waals surface area contributed by atoms with Gasteiger partial charge >= 0.3 is 0 Å². The molecule has 5 nitrogen and oxygen atoms in total. The van der Waals surface area contributed by atoms with Crippen LogP contribution in [0.5, 0.6) is 5.75 Å². The van der Waals surface area contributed by atoms with E-state index >= 15 is 0 Å². The first-order valence-electron chi connectivity index (χ1n) is 12.9. The Morgan fingerprint density at radius 2 is 1.97 bits per heavy atom. The maximum absolute atomic E-state index is 13.7. The molecule has 0 bridgehead atoms. The van der Waals surface area contributed by atoms with Crippen LogP contribution in [0.15, 0.2) is 60.0 Å². The van der Waals surface area contributed by atoms with Gasteiger partial charge in [-0.3, -0.25) is 9.59 Å². The molecule has 7 heteroatoms. The number of rotatable bonds is 10. The number of aryl methyl sites for hydroxylation is 1. The number of benzene rings is 2. The molecule has 37 heavy (non-hydrogen) atoms. The van der Waals surface area contributed by atoms with E-state index < -0.39 is 0 Å². The number of carbonyl (C=O) groups is 2. The minimum absolute atomic E-state index is 0.0162. The monoisotopic (exact) mass is 538 g/mol. The number of carbonyl (C=O) groups excluding carboxylic acids is 2. The van der Waals surface area contributed by atoms with Crippen molar-refractivity contribution in [3.63, 3.8) is 0 Å². The van der Waals surface area contributed by atoms with Crippen molar-refractivity contribution in [2.24, 2.45) is 5.92 Å². The maximum atomic E-state index is 13.7. The highest BCUT2D eigenvalue weighted by Crippen LogP contribution is 2.34. The average molecular weight is 539 g/mol. The number of halogens is 1. The van der Waals surface area contributed by atoms with E-state index in [1.165, 1.54) is 4.88 Å². The van der Waals surface area contributed by atoms with Crippen molar-refractivity contribution in [1.82, 2.24) is 9.80 Å². The summed E-state index contributed by atoms with van der Waals surface area (Å²) in [5.74, 6) is 0.984. The van der Waals surface area contributed by atoms with E-state index in [-0.39, 0.29) is 24.4 Å². The van der Waals surface area contributed by atoms with Crippen LogP contribution in [0.25, 0.3) is 0 Å². The van der Waals surface area contributed by atoms with Crippen molar-refractivity contribution in [3.05, 3.63) is 86.6 Å². The molecule has 1 aliphatic heterocycles. The van der Waals surface area contributed by atoms with Crippen LogP contribution < -0.4 is 4.74 Å². The molecule has 2 aromatic carbocycles. The second-order valence-electron chi connectivity index (χ2n) is 9.82. The summed E-state index contributed by atoms with van der Waals surface area (Å²) in [5.41, 5.74) is 3.04. The first-order valence-corrected chi connectivity index (χ1v) is 14.2. The first-order chi connectivity index (χ1) is 17.9. The third kappa shape index (κ3) is 6.93. The van der Waals surface area contributed by atoms with Crippen LogP contribution in [0.4, 0.5) is 0 Å². The molecule has 2 heterocycles. The van der Waals surface area contributed by atoms with Gasteiger partial charge in [0, 0.05) is 23.0 Å². The number of thiophene rings is 1. The van der Waals surface area contributed by atoms with E-state index in [2.05, 4.69) is 25.3 Å². The van der Waals surface area contributed by atoms with Crippen molar-refractivity contribution in [3.8, 4) is 5.75 Å². The van der Waals surface area contributed by atoms with Gasteiger partial charge in [-0.25, -0.2) is 0 Å². The Bertz CT molecular complexity index is 1210. The third-order valence-corrected chi connectivity index (χ3v) is 8.48. The SMILES string of the molecule is CC[C@@H](C)CN(CC(=O)N1CCc2sccc2[C@@H]1COc1ccc(Cl)c(C)c1)C(=O)Cc1ccccc1. The van der Waals surface area contributed by atoms with E-state index in [9.17, 15) is 9.59 Å². The van der Waals surface area contributed by atoms with Gasteiger partial charge in [0.15, 0.2) is 0 Å². The molecule has 2 atom stereocenters. The van der Waals surface area contributed by atoms with Crippen LogP contribution >= 0.6 is 22.9 Å². The lowest BCUT2D eigenvalue weighted by atomic mass is 10.00. The zero-order chi connectivity index (χ0) is 26.4. The summed E-state index contributed by atoms with van der Waals surface area (Å²) in [4.78, 5) is 32.0. The molecule has 0 radical (unpaired) electrons. The van der Waals surface area contributed by atoms with Gasteiger partial charge in [0.25, 0.3) is 0 Å². The van der Waals surface area contributed by atoms with Crippen LogP contribution in [0.2, 0.25) is 5.02 Å². The Hall–Kier alpha value is -2.83. The summed E-state index contributed by atoms with van der Waals surface area (Å²) in [7, 11) is 0. The summed E-state index contributed by atoms with van der Waals surface area (Å²) in [6.07, 6.45) is 2.06. The molecule has 0 N–H and O–H groups in total. The average Bonchev–Trinajstić information content (AvgIpc) is 3.38. The van der Waals surface area contributed by atoms with Gasteiger partial charge < -0.3 is 14.5 Å². The van der Waals surface area contributed by atoms with Crippen molar-refractivity contribution in [2.75, 3.05) is 26.2 Å². The molecule has 1 aliphatic rings. The molecule has 0 spiro atoms. The number of hydrogen-bond donors (Lipinski definition) is 0. The molecule has 0 saturated heterocycles. The second-order valence-corrected chi connectivity index (χ2v) is 11.2. The lowest BCUT2D eigenvalue weighted by molar-refractivity contribution is -0.143. The Morgan fingerprint density at radius 3 is 2.70 bits per heavy atom. The lowest BCUT2D eigenvalue weighted by Crippen LogP contribution is -2.48. The number of fused-ring (bicyclic) bond motifs is 1. The lowest BCUT2D eigenvalue weighted by Gasteiger charge is -2.37. The van der Waals surface area contributed by atoms with E-state index in [0.29, 0.717) is 37.1 Å². The smallest absolute Gasteiger partial charge is 0.242 e. The highest BCUT2D eigenvalue weighted by atomic mass is 35.5. The highest BCUT2D eigenvalue weighted by Gasteiger charge is 2.33. The standard InChI is InChI=1S/C30H35ClN2O3S/c1-4-21(2)18-32(29(34)17-23-8-6-5-7-9-23)19-30(35)33-14-12-28-25(13-15-37-28)27(33)20-36-24-10-11-26(31)22(3)16-24/h5-11,13,15-16,21,27H,4,12,14,17-20H2,1-3H3/t21-,27+/m1/s1. The van der Waals surface area contributed by atoms with E-state index in [0.717, 1.165) is 35.3 Å². The topological polar surface area (TPSA) is 49.9 Å². The maximum Gasteiger partial charge on any atom is 0.242 e. The fourth-order valence-electron chi connectivity index (χ4n) is 4.65. The molecule has 0 fully saturated rings. The zero-order valence-electron chi connectivity index (χ0n) is 21.8. The highest BCUT2D eigenvalue weighted by molar-refractivity contribution is 7.10. The predicted octanol–water partition coefficient (Wildman–Crippen LogP) is 6.33. The summed E-state index contributed by atoms with van der Waals surface area (Å²) in [6, 6.07) is 17.2. The minimum atomic E-state index is -0.201. The molecule has 0 saturated carbocycles. The molecule has 2 amide bonds. The number of amides is 2. The Labute approximate surface area is 229 Å². The molecule has 0 unspecified atom stereocenters. The van der Waals surface area contributed by atoms with Crippen molar-refractivity contribution in [1.29, 1.82) is 0 Å². The van der Waals surface area contributed by atoms with Crippen LogP contribution in [-0.4, -0.2) is 47.9 Å². The molecule has 4 rings (SSSR count). The van der Waals surface area contributed by atoms with E-state index in [4.69, 9.17) is 16.3 Å². The molecule has 3 aromatic rings. The zero-order valence-corrected chi connectivity index (χ0v) is 23.4. The van der Waals surface area contributed by atoms with Gasteiger partial charge in [-0.05, 0) is 65.6 Å². The van der Waals surface area contributed by atoms with Crippen molar-refractivity contribution < 1.29 is 14.3 Å². The molecule has 1 aromatic heterocycles. The van der Waals surface area contributed by atoms with Crippen LogP contribution in [-0.2, 0) is 22.4 Å². The predicted molar refractivity (Wildman–Crippen MR) is 150 cm³/mol. The summed E-state index contributed by atoms with van der Waals surface area (Å²) in [5, 5.41) is 2.78. The van der Waals surface area contributed by atoms with Gasteiger partial charge in [-0.15, -0.1) is 11.3 Å². The Kier molecular flexibility index (Phi) is 9.28. The molecule has 0 aliphatic carbocycles. The van der Waals surface area contributed by atoms with E-state index in [1.54, 1.807) is 16.2 Å². The Morgan fingerprint density at radius 1 is 1.19 bits per heavy atom. The Balaban J connectivity index is 1.51. The second kappa shape index (κ2) is 12.6. The molecule has 196 valence electrons. The number of hydrogen-bond acceptors (Lipinski definition) is 4. The molecular formula is C30H35ClN2O3S. The number of nitrogens with zero attached hydrogens (tertiary/aromatic N) is 2. The number of ether oxygens (including phenoxy) is 1. The van der Waals surface area contributed by atoms with Gasteiger partial charge in [0.05, 0.1) is 19.0 Å². The largest absolute Gasteiger partial charge is 0.491 e. The summed E-state index contributed by atoms with van der Waals surface area (Å²) < 4.78 is 6.17. The fraction of sp³-hybridized carbons (Fsp3) is 0.400. The molecular weight excluding hydrogens is 504 g/mol. The van der Waals surface area contributed by atoms with Gasteiger partial charge in [-0.1, -0.05) is 62.2 Å². The van der Waals surface area contributed by atoms with Gasteiger partial charge in [0.1, 0.15) is 12.4 Å². The first kappa shape index (κ1) is 27.2. The summed E-state index contributed by atoms with van der Waals surface area (Å²) >= 11 is 7.90. The van der Waals surface area contributed by atoms with E-state index in [1.807, 2.05) is 60.4 Å². The third-order valence-electron chi connectivity index (χ3n) is 7.06. The van der Waals surface area contributed by atoms with Crippen LogP contribution in [0.3, 0.4) is 0 Å². The quantitative estimate of drug-likeness (QED) is 0.303. The van der Waals surface area contributed by atoms with Crippen LogP contribution in [0, 0.1) is 12.8 Å². The normalized spacial score (nSPS) is 15.7. The minimum Gasteiger partial charge on any atom is -0.491 e. The summed E-state index contributed by atoms with van der Waals surface area (Å²) in [6.45, 7) is 7.78. The fourth-order valence-corrected chi connectivity index (χ4v) is 5.70. The van der Waals surface area contributed by atoms with Crippen LogP contribution in [0.1, 0.15) is 47.9 Å². The van der Waals surface area contributed by atoms with Gasteiger partial charge in [-0.2, -0.15) is 0 Å². The van der Waals surface area contributed by atoms with Crippen molar-refractivity contribution >= 4 is 34.8 Å². The van der Waals surface area contributed by atoms with Gasteiger partial charge in [0.2, 0.25) is 11.8 Å². The van der Waals surface area contributed by atoms with Crippen molar-refractivity contribution in [2.45, 2.75) is 46.1 Å².